The number of aliphatic carboxylic acids is 2. The molecule has 3 atom stereocenters. The molecular weight excluding hydrogens is 264 g/mol. The molecule has 0 radical (unpaired) electrons. The van der Waals surface area contributed by atoms with E-state index in [2.05, 4.69) is 17.6 Å². The van der Waals surface area contributed by atoms with Crippen molar-refractivity contribution < 1.29 is 24.6 Å². The molecule has 7 nitrogen and oxygen atoms in total. The average Bonchev–Trinajstić information content (AvgIpc) is 2.36. The summed E-state index contributed by atoms with van der Waals surface area (Å²) in [5, 5.41) is 22.6. The summed E-state index contributed by atoms with van der Waals surface area (Å²) in [5.74, 6) is -1.94. The molecule has 0 aromatic heterocycles. The zero-order valence-electron chi connectivity index (χ0n) is 11.6. The van der Waals surface area contributed by atoms with E-state index in [4.69, 9.17) is 10.2 Å². The maximum absolute atomic E-state index is 11.8. The van der Waals surface area contributed by atoms with Crippen LogP contribution in [0.4, 0.5) is 4.79 Å². The van der Waals surface area contributed by atoms with Crippen LogP contribution >= 0.6 is 0 Å². The highest BCUT2D eigenvalue weighted by atomic mass is 16.4. The first kappa shape index (κ1) is 16.3. The lowest BCUT2D eigenvalue weighted by atomic mass is 9.86. The largest absolute Gasteiger partial charge is 0.481 e. The normalized spacial score (nSPS) is 23.6. The van der Waals surface area contributed by atoms with E-state index in [1.165, 1.54) is 0 Å². The molecule has 0 heterocycles. The maximum Gasteiger partial charge on any atom is 0.326 e. The Kier molecular flexibility index (Phi) is 6.27. The van der Waals surface area contributed by atoms with Crippen LogP contribution in [0.5, 0.6) is 0 Å². The zero-order chi connectivity index (χ0) is 15.1. The Morgan fingerprint density at radius 1 is 1.20 bits per heavy atom. The smallest absolute Gasteiger partial charge is 0.326 e. The standard InChI is InChI=1S/C13H22N2O5/c1-8-4-2-3-5-9(8)14-13(20)15-10(12(18)19)6-7-11(16)17/h8-10H,2-7H2,1H3,(H,16,17)(H,18,19)(H2,14,15,20). The molecule has 1 saturated carbocycles. The lowest BCUT2D eigenvalue weighted by molar-refractivity contribution is -0.140. The molecule has 2 amide bonds. The topological polar surface area (TPSA) is 116 Å². The Morgan fingerprint density at radius 3 is 2.40 bits per heavy atom. The molecule has 0 aromatic carbocycles. The molecular formula is C13H22N2O5. The molecule has 4 N–H and O–H groups in total. The van der Waals surface area contributed by atoms with Crippen molar-refractivity contribution in [1.82, 2.24) is 10.6 Å². The van der Waals surface area contributed by atoms with Crippen LogP contribution in [-0.4, -0.2) is 40.3 Å². The first-order valence-electron chi connectivity index (χ1n) is 6.91. The Morgan fingerprint density at radius 2 is 1.85 bits per heavy atom. The molecule has 0 aliphatic heterocycles. The third kappa shape index (κ3) is 5.46. The summed E-state index contributed by atoms with van der Waals surface area (Å²) >= 11 is 0. The zero-order valence-corrected chi connectivity index (χ0v) is 11.6. The van der Waals surface area contributed by atoms with E-state index in [1.807, 2.05) is 0 Å². The molecule has 20 heavy (non-hydrogen) atoms. The van der Waals surface area contributed by atoms with Gasteiger partial charge in [-0.05, 0) is 25.2 Å². The Balaban J connectivity index is 2.44. The van der Waals surface area contributed by atoms with E-state index in [0.29, 0.717) is 5.92 Å². The minimum Gasteiger partial charge on any atom is -0.481 e. The van der Waals surface area contributed by atoms with Gasteiger partial charge in [0.1, 0.15) is 6.04 Å². The van der Waals surface area contributed by atoms with Gasteiger partial charge in [0.15, 0.2) is 0 Å². The number of carboxylic acid groups (broad SMARTS) is 2. The number of nitrogens with one attached hydrogen (secondary N) is 2. The van der Waals surface area contributed by atoms with Gasteiger partial charge in [-0.15, -0.1) is 0 Å². The van der Waals surface area contributed by atoms with Crippen LogP contribution in [-0.2, 0) is 9.59 Å². The van der Waals surface area contributed by atoms with Crippen molar-refractivity contribution in [2.75, 3.05) is 0 Å². The summed E-state index contributed by atoms with van der Waals surface area (Å²) in [6.45, 7) is 2.06. The molecule has 1 rings (SSSR count). The third-order valence-electron chi connectivity index (χ3n) is 3.68. The maximum atomic E-state index is 11.8. The van der Waals surface area contributed by atoms with Gasteiger partial charge < -0.3 is 20.8 Å². The summed E-state index contributed by atoms with van der Waals surface area (Å²) in [5.41, 5.74) is 0. The summed E-state index contributed by atoms with van der Waals surface area (Å²) < 4.78 is 0. The first-order chi connectivity index (χ1) is 9.40. The summed E-state index contributed by atoms with van der Waals surface area (Å²) in [4.78, 5) is 33.2. The van der Waals surface area contributed by atoms with Gasteiger partial charge in [-0.2, -0.15) is 0 Å². The molecule has 1 aliphatic rings. The van der Waals surface area contributed by atoms with Crippen molar-refractivity contribution in [3.8, 4) is 0 Å². The quantitative estimate of drug-likeness (QED) is 0.585. The van der Waals surface area contributed by atoms with Crippen LogP contribution in [0.15, 0.2) is 0 Å². The lowest BCUT2D eigenvalue weighted by Crippen LogP contribution is -2.51. The molecule has 1 aliphatic carbocycles. The van der Waals surface area contributed by atoms with Crippen LogP contribution < -0.4 is 10.6 Å². The van der Waals surface area contributed by atoms with E-state index in [1.54, 1.807) is 0 Å². The summed E-state index contributed by atoms with van der Waals surface area (Å²) in [6.07, 6.45) is 3.72. The molecule has 0 spiro atoms. The van der Waals surface area contributed by atoms with Gasteiger partial charge in [0.2, 0.25) is 0 Å². The molecule has 0 bridgehead atoms. The number of urea groups is 1. The van der Waals surface area contributed by atoms with Gasteiger partial charge in [-0.25, -0.2) is 9.59 Å². The molecule has 114 valence electrons. The fraction of sp³-hybridized carbons (Fsp3) is 0.769. The van der Waals surface area contributed by atoms with Gasteiger partial charge in [0.05, 0.1) is 0 Å². The van der Waals surface area contributed by atoms with Crippen molar-refractivity contribution in [2.24, 2.45) is 5.92 Å². The minimum absolute atomic E-state index is 0.0534. The molecule has 3 unspecified atom stereocenters. The fourth-order valence-electron chi connectivity index (χ4n) is 2.42. The van der Waals surface area contributed by atoms with Crippen molar-refractivity contribution in [1.29, 1.82) is 0 Å². The number of amides is 2. The van der Waals surface area contributed by atoms with E-state index in [0.717, 1.165) is 25.7 Å². The number of carboxylic acids is 2. The van der Waals surface area contributed by atoms with Crippen LogP contribution in [0.3, 0.4) is 0 Å². The Labute approximate surface area is 117 Å². The predicted molar refractivity (Wildman–Crippen MR) is 71.4 cm³/mol. The molecule has 0 aromatic rings. The van der Waals surface area contributed by atoms with Gasteiger partial charge >= 0.3 is 18.0 Å². The fourth-order valence-corrected chi connectivity index (χ4v) is 2.42. The summed E-state index contributed by atoms with van der Waals surface area (Å²) in [6, 6.07) is -1.66. The van der Waals surface area contributed by atoms with Crippen molar-refractivity contribution in [3.63, 3.8) is 0 Å². The molecule has 0 saturated heterocycles. The van der Waals surface area contributed by atoms with Crippen LogP contribution in [0.25, 0.3) is 0 Å². The van der Waals surface area contributed by atoms with Crippen molar-refractivity contribution >= 4 is 18.0 Å². The van der Waals surface area contributed by atoms with Crippen molar-refractivity contribution in [2.45, 2.75) is 57.5 Å². The molecule has 7 heteroatoms. The van der Waals surface area contributed by atoms with E-state index >= 15 is 0 Å². The van der Waals surface area contributed by atoms with Crippen molar-refractivity contribution in [3.05, 3.63) is 0 Å². The second-order valence-corrected chi connectivity index (χ2v) is 5.31. The Bertz CT molecular complexity index is 372. The third-order valence-corrected chi connectivity index (χ3v) is 3.68. The average molecular weight is 286 g/mol. The summed E-state index contributed by atoms with van der Waals surface area (Å²) in [7, 11) is 0. The highest BCUT2D eigenvalue weighted by Gasteiger charge is 2.25. The molecule has 1 fully saturated rings. The monoisotopic (exact) mass is 286 g/mol. The van der Waals surface area contributed by atoms with Crippen LogP contribution in [0, 0.1) is 5.92 Å². The second kappa shape index (κ2) is 7.72. The van der Waals surface area contributed by atoms with Crippen LogP contribution in [0.1, 0.15) is 45.4 Å². The van der Waals surface area contributed by atoms with Crippen LogP contribution in [0.2, 0.25) is 0 Å². The number of hydrogen-bond acceptors (Lipinski definition) is 3. The lowest BCUT2D eigenvalue weighted by Gasteiger charge is -2.30. The first-order valence-corrected chi connectivity index (χ1v) is 6.91. The Hall–Kier alpha value is -1.79. The highest BCUT2D eigenvalue weighted by molar-refractivity contribution is 5.83. The van der Waals surface area contributed by atoms with Gasteiger partial charge in [-0.3, -0.25) is 4.79 Å². The predicted octanol–water partition coefficient (Wildman–Crippen LogP) is 1.18. The highest BCUT2D eigenvalue weighted by Crippen LogP contribution is 2.23. The van der Waals surface area contributed by atoms with E-state index in [-0.39, 0.29) is 18.9 Å². The van der Waals surface area contributed by atoms with Gasteiger partial charge in [-0.1, -0.05) is 19.8 Å². The van der Waals surface area contributed by atoms with Gasteiger partial charge in [0, 0.05) is 12.5 Å². The number of carbonyl (C=O) groups excluding carboxylic acids is 1. The minimum atomic E-state index is -1.22. The van der Waals surface area contributed by atoms with E-state index in [9.17, 15) is 14.4 Å². The SMILES string of the molecule is CC1CCCCC1NC(=O)NC(CCC(=O)O)C(=O)O. The number of carbonyl (C=O) groups is 3. The number of rotatable bonds is 6. The number of hydrogen-bond donors (Lipinski definition) is 4. The van der Waals surface area contributed by atoms with E-state index < -0.39 is 24.0 Å². The van der Waals surface area contributed by atoms with Gasteiger partial charge in [0.25, 0.3) is 0 Å². The second-order valence-electron chi connectivity index (χ2n) is 5.31.